The van der Waals surface area contributed by atoms with Gasteiger partial charge in [-0.05, 0) is 34.0 Å². The Balaban J connectivity index is 1.79. The minimum absolute atomic E-state index is 0.525. The highest BCUT2D eigenvalue weighted by Crippen LogP contribution is 2.11. The van der Waals surface area contributed by atoms with Crippen LogP contribution in [0.3, 0.4) is 0 Å². The molecule has 5 heteroatoms. The van der Waals surface area contributed by atoms with E-state index in [1.807, 2.05) is 6.20 Å². The lowest BCUT2D eigenvalue weighted by atomic mass is 10.2. The number of thiazole rings is 1. The molecule has 17 heavy (non-hydrogen) atoms. The summed E-state index contributed by atoms with van der Waals surface area (Å²) in [5.74, 6) is 0. The highest BCUT2D eigenvalue weighted by atomic mass is 32.1. The Morgan fingerprint density at radius 2 is 2.35 bits per heavy atom. The number of imidazole rings is 1. The second kappa shape index (κ2) is 5.62. The first kappa shape index (κ1) is 12.5. The molecule has 2 rings (SSSR count). The number of hydrogen-bond donors (Lipinski definition) is 1. The third-order valence-corrected chi connectivity index (χ3v) is 3.55. The van der Waals surface area contributed by atoms with Crippen molar-refractivity contribution in [3.8, 4) is 0 Å². The van der Waals surface area contributed by atoms with Gasteiger partial charge in [0, 0.05) is 30.4 Å². The van der Waals surface area contributed by atoms with Crippen molar-refractivity contribution >= 4 is 16.3 Å². The van der Waals surface area contributed by atoms with Crippen LogP contribution in [0.5, 0.6) is 0 Å². The zero-order valence-electron chi connectivity index (χ0n) is 10.7. The smallest absolute Gasteiger partial charge is 0.193 e. The van der Waals surface area contributed by atoms with E-state index in [2.05, 4.69) is 52.2 Å². The number of hydrogen-bond acceptors (Lipinski definition) is 4. The summed E-state index contributed by atoms with van der Waals surface area (Å²) >= 11 is 1.67. The van der Waals surface area contributed by atoms with Crippen LogP contribution in [0.1, 0.15) is 19.0 Å². The monoisotopic (exact) mass is 252 g/mol. The van der Waals surface area contributed by atoms with Crippen LogP contribution in [0.15, 0.2) is 17.8 Å². The van der Waals surface area contributed by atoms with E-state index in [0.29, 0.717) is 6.04 Å². The van der Waals surface area contributed by atoms with E-state index >= 15 is 0 Å². The molecule has 1 unspecified atom stereocenters. The first-order valence-corrected chi connectivity index (χ1v) is 6.82. The van der Waals surface area contributed by atoms with Crippen LogP contribution in [0.25, 0.3) is 4.96 Å². The molecule has 2 aromatic heterocycles. The molecule has 1 atom stereocenters. The topological polar surface area (TPSA) is 32.6 Å². The first-order valence-electron chi connectivity index (χ1n) is 5.94. The van der Waals surface area contributed by atoms with Crippen molar-refractivity contribution < 1.29 is 0 Å². The quantitative estimate of drug-likeness (QED) is 0.851. The summed E-state index contributed by atoms with van der Waals surface area (Å²) in [5.41, 5.74) is 1.12. The molecule has 0 aliphatic carbocycles. The molecule has 0 aliphatic rings. The van der Waals surface area contributed by atoms with Crippen LogP contribution in [0, 0.1) is 0 Å². The van der Waals surface area contributed by atoms with E-state index in [1.165, 1.54) is 0 Å². The average molecular weight is 252 g/mol. The zero-order chi connectivity index (χ0) is 12.3. The average Bonchev–Trinajstić information content (AvgIpc) is 2.83. The zero-order valence-corrected chi connectivity index (χ0v) is 11.5. The molecule has 0 fully saturated rings. The SMILES string of the molecule is CC(CCN(C)C)NCc1cn2ccsc2n1. The van der Waals surface area contributed by atoms with Crippen molar-refractivity contribution in [3.63, 3.8) is 0 Å². The summed E-state index contributed by atoms with van der Waals surface area (Å²) in [5, 5.41) is 5.56. The maximum atomic E-state index is 4.55. The first-order chi connectivity index (χ1) is 8.15. The Labute approximate surface area is 106 Å². The van der Waals surface area contributed by atoms with E-state index in [0.717, 1.165) is 30.2 Å². The fourth-order valence-electron chi connectivity index (χ4n) is 1.69. The molecule has 2 heterocycles. The van der Waals surface area contributed by atoms with Gasteiger partial charge in [0.25, 0.3) is 0 Å². The van der Waals surface area contributed by atoms with Crippen molar-refractivity contribution in [1.29, 1.82) is 0 Å². The normalized spacial score (nSPS) is 13.6. The van der Waals surface area contributed by atoms with Crippen molar-refractivity contribution in [2.45, 2.75) is 25.9 Å². The summed E-state index contributed by atoms with van der Waals surface area (Å²) < 4.78 is 2.08. The van der Waals surface area contributed by atoms with Crippen molar-refractivity contribution in [1.82, 2.24) is 19.6 Å². The van der Waals surface area contributed by atoms with Crippen LogP contribution in [-0.2, 0) is 6.54 Å². The fourth-order valence-corrected chi connectivity index (χ4v) is 2.41. The third-order valence-electron chi connectivity index (χ3n) is 2.78. The van der Waals surface area contributed by atoms with Crippen LogP contribution < -0.4 is 5.32 Å². The molecule has 0 aliphatic heterocycles. The Morgan fingerprint density at radius 3 is 3.06 bits per heavy atom. The van der Waals surface area contributed by atoms with Gasteiger partial charge in [-0.15, -0.1) is 11.3 Å². The van der Waals surface area contributed by atoms with Gasteiger partial charge < -0.3 is 10.2 Å². The second-order valence-electron chi connectivity index (χ2n) is 4.70. The molecular weight excluding hydrogens is 232 g/mol. The minimum Gasteiger partial charge on any atom is -0.309 e. The minimum atomic E-state index is 0.525. The van der Waals surface area contributed by atoms with Gasteiger partial charge in [-0.1, -0.05) is 0 Å². The molecule has 0 bridgehead atoms. The fraction of sp³-hybridized carbons (Fsp3) is 0.583. The van der Waals surface area contributed by atoms with Gasteiger partial charge >= 0.3 is 0 Å². The predicted molar refractivity (Wildman–Crippen MR) is 72.5 cm³/mol. The van der Waals surface area contributed by atoms with E-state index in [-0.39, 0.29) is 0 Å². The number of nitrogens with one attached hydrogen (secondary N) is 1. The maximum absolute atomic E-state index is 4.55. The van der Waals surface area contributed by atoms with Gasteiger partial charge in [-0.2, -0.15) is 0 Å². The summed E-state index contributed by atoms with van der Waals surface area (Å²) in [6.07, 6.45) is 5.30. The lowest BCUT2D eigenvalue weighted by molar-refractivity contribution is 0.365. The standard InChI is InChI=1S/C12H20N4S/c1-10(4-5-15(2)3)13-8-11-9-16-6-7-17-12(16)14-11/h6-7,9-10,13H,4-5,8H2,1-3H3. The van der Waals surface area contributed by atoms with Crippen LogP contribution in [-0.4, -0.2) is 41.0 Å². The summed E-state index contributed by atoms with van der Waals surface area (Å²) in [6.45, 7) is 4.19. The van der Waals surface area contributed by atoms with Crippen molar-refractivity contribution in [2.24, 2.45) is 0 Å². The predicted octanol–water partition coefficient (Wildman–Crippen LogP) is 1.83. The molecule has 94 valence electrons. The highest BCUT2D eigenvalue weighted by Gasteiger charge is 2.05. The van der Waals surface area contributed by atoms with Crippen LogP contribution >= 0.6 is 11.3 Å². The van der Waals surface area contributed by atoms with E-state index < -0.39 is 0 Å². The second-order valence-corrected chi connectivity index (χ2v) is 5.57. The molecular formula is C12H20N4S. The Bertz CT molecular complexity index is 431. The lowest BCUT2D eigenvalue weighted by Gasteiger charge is -2.15. The molecule has 1 N–H and O–H groups in total. The molecule has 4 nitrogen and oxygen atoms in total. The Morgan fingerprint density at radius 1 is 1.53 bits per heavy atom. The lowest BCUT2D eigenvalue weighted by Crippen LogP contribution is -2.29. The van der Waals surface area contributed by atoms with Crippen LogP contribution in [0.4, 0.5) is 0 Å². The summed E-state index contributed by atoms with van der Waals surface area (Å²) in [6, 6.07) is 0.525. The van der Waals surface area contributed by atoms with Gasteiger partial charge in [0.05, 0.1) is 5.69 Å². The molecule has 0 spiro atoms. The van der Waals surface area contributed by atoms with Crippen molar-refractivity contribution in [3.05, 3.63) is 23.5 Å². The molecule has 0 aromatic carbocycles. The Kier molecular flexibility index (Phi) is 4.15. The largest absolute Gasteiger partial charge is 0.309 e. The summed E-state index contributed by atoms with van der Waals surface area (Å²) in [4.78, 5) is 7.83. The van der Waals surface area contributed by atoms with E-state index in [9.17, 15) is 0 Å². The number of aromatic nitrogens is 2. The molecule has 0 amide bonds. The van der Waals surface area contributed by atoms with Crippen molar-refractivity contribution in [2.75, 3.05) is 20.6 Å². The number of fused-ring (bicyclic) bond motifs is 1. The van der Waals surface area contributed by atoms with E-state index in [1.54, 1.807) is 11.3 Å². The molecule has 0 radical (unpaired) electrons. The van der Waals surface area contributed by atoms with Gasteiger partial charge in [-0.3, -0.25) is 4.40 Å². The highest BCUT2D eigenvalue weighted by molar-refractivity contribution is 7.15. The van der Waals surface area contributed by atoms with Crippen LogP contribution in [0.2, 0.25) is 0 Å². The van der Waals surface area contributed by atoms with Gasteiger partial charge in [0.1, 0.15) is 0 Å². The van der Waals surface area contributed by atoms with E-state index in [4.69, 9.17) is 0 Å². The summed E-state index contributed by atoms with van der Waals surface area (Å²) in [7, 11) is 4.21. The molecule has 0 saturated carbocycles. The number of rotatable bonds is 6. The third kappa shape index (κ3) is 3.52. The molecule has 0 saturated heterocycles. The van der Waals surface area contributed by atoms with Gasteiger partial charge in [0.15, 0.2) is 4.96 Å². The molecule has 2 aromatic rings. The van der Waals surface area contributed by atoms with Gasteiger partial charge in [-0.25, -0.2) is 4.98 Å². The maximum Gasteiger partial charge on any atom is 0.193 e. The van der Waals surface area contributed by atoms with Gasteiger partial charge in [0.2, 0.25) is 0 Å². The number of nitrogens with zero attached hydrogens (tertiary/aromatic N) is 3. The Hall–Kier alpha value is -0.910.